The van der Waals surface area contributed by atoms with Crippen LogP contribution in [0.4, 0.5) is 0 Å². The zero-order chi connectivity index (χ0) is 10.0. The Kier molecular flexibility index (Phi) is 2.87. The lowest BCUT2D eigenvalue weighted by molar-refractivity contribution is 0.118. The second-order valence-corrected chi connectivity index (χ2v) is 3.19. The van der Waals surface area contributed by atoms with Crippen molar-refractivity contribution in [3.05, 3.63) is 16.8 Å². The number of aliphatic hydroxyl groups is 1. The van der Waals surface area contributed by atoms with Crippen LogP contribution in [-0.4, -0.2) is 25.6 Å². The maximum Gasteiger partial charge on any atom is 0.345 e. The molecule has 5 heteroatoms. The SMILES string of the molecule is CC[C@H]([C@@H](C)O)n1ncn(C)c1=O. The van der Waals surface area contributed by atoms with Crippen LogP contribution in [0.25, 0.3) is 0 Å². The Hall–Kier alpha value is -1.10. The van der Waals surface area contributed by atoms with Gasteiger partial charge in [-0.15, -0.1) is 0 Å². The third-order valence-electron chi connectivity index (χ3n) is 2.14. The summed E-state index contributed by atoms with van der Waals surface area (Å²) in [4.78, 5) is 11.4. The van der Waals surface area contributed by atoms with Crippen molar-refractivity contribution in [2.75, 3.05) is 0 Å². The summed E-state index contributed by atoms with van der Waals surface area (Å²) in [6, 6.07) is -0.228. The highest BCUT2D eigenvalue weighted by molar-refractivity contribution is 4.75. The number of aliphatic hydroxyl groups excluding tert-OH is 1. The van der Waals surface area contributed by atoms with Crippen molar-refractivity contribution in [3.8, 4) is 0 Å². The molecule has 1 aromatic rings. The number of hydrogen-bond donors (Lipinski definition) is 1. The van der Waals surface area contributed by atoms with E-state index >= 15 is 0 Å². The first kappa shape index (κ1) is 9.98. The van der Waals surface area contributed by atoms with Gasteiger partial charge in [-0.25, -0.2) is 9.48 Å². The first-order valence-corrected chi connectivity index (χ1v) is 4.36. The largest absolute Gasteiger partial charge is 0.391 e. The van der Waals surface area contributed by atoms with E-state index < -0.39 is 6.10 Å². The van der Waals surface area contributed by atoms with Gasteiger partial charge in [0.15, 0.2) is 0 Å². The number of aromatic nitrogens is 3. The van der Waals surface area contributed by atoms with Crippen LogP contribution >= 0.6 is 0 Å². The molecule has 2 atom stereocenters. The summed E-state index contributed by atoms with van der Waals surface area (Å²) >= 11 is 0. The summed E-state index contributed by atoms with van der Waals surface area (Å²) in [7, 11) is 1.64. The lowest BCUT2D eigenvalue weighted by atomic mass is 10.1. The molecule has 1 heterocycles. The maximum atomic E-state index is 11.4. The summed E-state index contributed by atoms with van der Waals surface area (Å²) in [5, 5.41) is 13.3. The van der Waals surface area contributed by atoms with Crippen molar-refractivity contribution in [3.63, 3.8) is 0 Å². The van der Waals surface area contributed by atoms with E-state index in [-0.39, 0.29) is 11.7 Å². The molecule has 1 rings (SSSR count). The summed E-state index contributed by atoms with van der Waals surface area (Å²) in [5.74, 6) is 0. The molecule has 0 aliphatic rings. The van der Waals surface area contributed by atoms with Gasteiger partial charge in [0.25, 0.3) is 0 Å². The normalized spacial score (nSPS) is 15.7. The van der Waals surface area contributed by atoms with Crippen molar-refractivity contribution in [1.29, 1.82) is 0 Å². The van der Waals surface area contributed by atoms with Crippen LogP contribution in [0.3, 0.4) is 0 Å². The Morgan fingerprint density at radius 3 is 2.62 bits per heavy atom. The van der Waals surface area contributed by atoms with Crippen LogP contribution in [0.5, 0.6) is 0 Å². The second-order valence-electron chi connectivity index (χ2n) is 3.19. The summed E-state index contributed by atoms with van der Waals surface area (Å²) in [5.41, 5.74) is -0.187. The van der Waals surface area contributed by atoms with E-state index in [0.717, 1.165) is 0 Å². The lowest BCUT2D eigenvalue weighted by Gasteiger charge is -2.16. The van der Waals surface area contributed by atoms with Gasteiger partial charge >= 0.3 is 5.69 Å². The number of nitrogens with zero attached hydrogens (tertiary/aromatic N) is 3. The standard InChI is InChI=1S/C8H15N3O2/c1-4-7(6(2)12)11-8(13)10(3)5-9-11/h5-7,12H,4H2,1-3H3/t6-,7-/m1/s1. The molecule has 0 unspecified atom stereocenters. The molecule has 0 saturated heterocycles. The van der Waals surface area contributed by atoms with E-state index in [1.807, 2.05) is 6.92 Å². The van der Waals surface area contributed by atoms with E-state index in [1.165, 1.54) is 15.6 Å². The van der Waals surface area contributed by atoms with Crippen LogP contribution in [0.1, 0.15) is 26.3 Å². The predicted molar refractivity (Wildman–Crippen MR) is 48.5 cm³/mol. The summed E-state index contributed by atoms with van der Waals surface area (Å²) in [6.07, 6.45) is 1.58. The van der Waals surface area contributed by atoms with Crippen molar-refractivity contribution in [2.45, 2.75) is 32.4 Å². The molecule has 0 aliphatic heterocycles. The van der Waals surface area contributed by atoms with Crippen molar-refractivity contribution >= 4 is 0 Å². The maximum absolute atomic E-state index is 11.4. The topological polar surface area (TPSA) is 60.0 Å². The van der Waals surface area contributed by atoms with Gasteiger partial charge in [0.2, 0.25) is 0 Å². The molecule has 0 bridgehead atoms. The Morgan fingerprint density at radius 2 is 2.31 bits per heavy atom. The Morgan fingerprint density at radius 1 is 1.69 bits per heavy atom. The molecule has 0 amide bonds. The highest BCUT2D eigenvalue weighted by atomic mass is 16.3. The van der Waals surface area contributed by atoms with Gasteiger partial charge in [-0.3, -0.25) is 4.57 Å². The smallest absolute Gasteiger partial charge is 0.345 e. The molecule has 0 fully saturated rings. The number of rotatable bonds is 3. The Labute approximate surface area is 76.6 Å². The monoisotopic (exact) mass is 185 g/mol. The van der Waals surface area contributed by atoms with Crippen molar-refractivity contribution in [1.82, 2.24) is 14.3 Å². The van der Waals surface area contributed by atoms with Crippen LogP contribution in [-0.2, 0) is 7.05 Å². The minimum atomic E-state index is -0.558. The molecule has 1 aromatic heterocycles. The van der Waals surface area contributed by atoms with Crippen molar-refractivity contribution < 1.29 is 5.11 Å². The van der Waals surface area contributed by atoms with Gasteiger partial charge in [-0.05, 0) is 13.3 Å². The number of aryl methyl sites for hydroxylation is 1. The van der Waals surface area contributed by atoms with Gasteiger partial charge in [0, 0.05) is 7.05 Å². The summed E-state index contributed by atoms with van der Waals surface area (Å²) < 4.78 is 2.72. The molecule has 13 heavy (non-hydrogen) atoms. The van der Waals surface area contributed by atoms with Crippen LogP contribution < -0.4 is 5.69 Å². The Balaban J connectivity index is 3.05. The third-order valence-corrected chi connectivity index (χ3v) is 2.14. The molecule has 0 spiro atoms. The molecule has 1 N–H and O–H groups in total. The lowest BCUT2D eigenvalue weighted by Crippen LogP contribution is -2.32. The van der Waals surface area contributed by atoms with Crippen LogP contribution in [0.2, 0.25) is 0 Å². The molecule has 0 aliphatic carbocycles. The van der Waals surface area contributed by atoms with Gasteiger partial charge < -0.3 is 5.11 Å². The zero-order valence-electron chi connectivity index (χ0n) is 8.14. The molecule has 0 saturated carbocycles. The van der Waals surface area contributed by atoms with Gasteiger partial charge in [0.05, 0.1) is 12.1 Å². The highest BCUT2D eigenvalue weighted by Crippen LogP contribution is 2.11. The first-order valence-electron chi connectivity index (χ1n) is 4.36. The van der Waals surface area contributed by atoms with Crippen LogP contribution in [0, 0.1) is 0 Å². The van der Waals surface area contributed by atoms with E-state index in [0.29, 0.717) is 6.42 Å². The third kappa shape index (κ3) is 1.80. The molecule has 0 aromatic carbocycles. The molecule has 5 nitrogen and oxygen atoms in total. The fourth-order valence-corrected chi connectivity index (χ4v) is 1.34. The van der Waals surface area contributed by atoms with Crippen LogP contribution in [0.15, 0.2) is 11.1 Å². The molecular weight excluding hydrogens is 170 g/mol. The fraction of sp³-hybridized carbons (Fsp3) is 0.750. The molecule has 74 valence electrons. The van der Waals surface area contributed by atoms with E-state index in [4.69, 9.17) is 0 Å². The minimum Gasteiger partial charge on any atom is -0.391 e. The van der Waals surface area contributed by atoms with Gasteiger partial charge in [0.1, 0.15) is 6.33 Å². The average molecular weight is 185 g/mol. The average Bonchev–Trinajstić information content (AvgIpc) is 2.37. The van der Waals surface area contributed by atoms with E-state index in [2.05, 4.69) is 5.10 Å². The van der Waals surface area contributed by atoms with Gasteiger partial charge in [-0.1, -0.05) is 6.92 Å². The van der Waals surface area contributed by atoms with E-state index in [1.54, 1.807) is 14.0 Å². The summed E-state index contributed by atoms with van der Waals surface area (Å²) in [6.45, 7) is 3.58. The first-order chi connectivity index (χ1) is 6.07. The number of hydrogen-bond acceptors (Lipinski definition) is 3. The fourth-order valence-electron chi connectivity index (χ4n) is 1.34. The molecule has 0 radical (unpaired) electrons. The highest BCUT2D eigenvalue weighted by Gasteiger charge is 2.18. The van der Waals surface area contributed by atoms with E-state index in [9.17, 15) is 9.90 Å². The second kappa shape index (κ2) is 3.74. The zero-order valence-corrected chi connectivity index (χ0v) is 8.14. The molecular formula is C8H15N3O2. The predicted octanol–water partition coefficient (Wildman–Crippen LogP) is -0.0863. The Bertz CT molecular complexity index is 326. The minimum absolute atomic E-state index is 0.187. The van der Waals surface area contributed by atoms with Crippen molar-refractivity contribution in [2.24, 2.45) is 7.05 Å². The van der Waals surface area contributed by atoms with Gasteiger partial charge in [-0.2, -0.15) is 5.10 Å². The quantitative estimate of drug-likeness (QED) is 0.716.